The summed E-state index contributed by atoms with van der Waals surface area (Å²) < 4.78 is 39.6. The average molecular weight is 285 g/mol. The molecular formula is C12H16FN3O2S. The molecule has 0 unspecified atom stereocenters. The second kappa shape index (κ2) is 6.61. The molecule has 0 spiro atoms. The Morgan fingerprint density at radius 2 is 2.11 bits per heavy atom. The number of benzene rings is 1. The van der Waals surface area contributed by atoms with Gasteiger partial charge in [0, 0.05) is 6.54 Å². The van der Waals surface area contributed by atoms with Crippen LogP contribution in [0.3, 0.4) is 0 Å². The van der Waals surface area contributed by atoms with E-state index < -0.39 is 21.4 Å². The van der Waals surface area contributed by atoms with Crippen molar-refractivity contribution in [2.75, 3.05) is 27.2 Å². The number of hydrogen-bond donors (Lipinski definition) is 1. The summed E-state index contributed by atoms with van der Waals surface area (Å²) in [5, 5.41) is 8.82. The molecule has 1 aromatic rings. The number of rotatable bonds is 6. The Morgan fingerprint density at radius 1 is 1.42 bits per heavy atom. The quantitative estimate of drug-likeness (QED) is 0.789. The van der Waals surface area contributed by atoms with E-state index >= 15 is 0 Å². The van der Waals surface area contributed by atoms with Crippen LogP contribution in [0.25, 0.3) is 0 Å². The van der Waals surface area contributed by atoms with E-state index in [1.165, 1.54) is 12.1 Å². The third kappa shape index (κ3) is 4.28. The standard InChI is InChI=1S/C12H16FN3O2S/c1-16(2)8-4-7-15-19(17,18)12-6-3-5-11(13)10(12)9-14/h3,5-6,15H,4,7-8H2,1-2H3. The highest BCUT2D eigenvalue weighted by atomic mass is 32.2. The maximum Gasteiger partial charge on any atom is 0.241 e. The molecule has 0 heterocycles. The Morgan fingerprint density at radius 3 is 2.68 bits per heavy atom. The van der Waals surface area contributed by atoms with Crippen molar-refractivity contribution in [1.82, 2.24) is 9.62 Å². The molecule has 0 radical (unpaired) electrons. The fraction of sp³-hybridized carbons (Fsp3) is 0.417. The van der Waals surface area contributed by atoms with Gasteiger partial charge in [-0.05, 0) is 39.2 Å². The number of nitriles is 1. The Balaban J connectivity index is 2.84. The molecule has 1 aromatic carbocycles. The molecular weight excluding hydrogens is 269 g/mol. The molecule has 0 amide bonds. The van der Waals surface area contributed by atoms with E-state index in [1.807, 2.05) is 19.0 Å². The second-order valence-electron chi connectivity index (χ2n) is 4.28. The largest absolute Gasteiger partial charge is 0.309 e. The van der Waals surface area contributed by atoms with E-state index in [0.29, 0.717) is 6.42 Å². The van der Waals surface area contributed by atoms with Crippen LogP contribution in [-0.4, -0.2) is 40.5 Å². The third-order valence-electron chi connectivity index (χ3n) is 2.45. The molecule has 0 atom stereocenters. The molecule has 0 saturated heterocycles. The molecule has 0 aromatic heterocycles. The van der Waals surface area contributed by atoms with E-state index in [1.54, 1.807) is 6.07 Å². The zero-order valence-electron chi connectivity index (χ0n) is 10.9. The number of nitrogens with one attached hydrogen (secondary N) is 1. The van der Waals surface area contributed by atoms with E-state index in [-0.39, 0.29) is 11.4 Å². The fourth-order valence-corrected chi connectivity index (χ4v) is 2.75. The van der Waals surface area contributed by atoms with Crippen molar-refractivity contribution < 1.29 is 12.8 Å². The van der Waals surface area contributed by atoms with E-state index in [2.05, 4.69) is 4.72 Å². The van der Waals surface area contributed by atoms with Gasteiger partial charge in [-0.1, -0.05) is 6.07 Å². The van der Waals surface area contributed by atoms with Gasteiger partial charge in [-0.3, -0.25) is 0 Å². The summed E-state index contributed by atoms with van der Waals surface area (Å²) in [6.07, 6.45) is 0.628. The van der Waals surface area contributed by atoms with Gasteiger partial charge in [0.05, 0.1) is 0 Å². The summed E-state index contributed by atoms with van der Waals surface area (Å²) in [4.78, 5) is 1.61. The lowest BCUT2D eigenvalue weighted by atomic mass is 10.2. The van der Waals surface area contributed by atoms with Gasteiger partial charge in [-0.15, -0.1) is 0 Å². The number of hydrogen-bond acceptors (Lipinski definition) is 4. The summed E-state index contributed by atoms with van der Waals surface area (Å²) in [5.41, 5.74) is -0.456. The van der Waals surface area contributed by atoms with Gasteiger partial charge in [0.25, 0.3) is 0 Å². The Hall–Kier alpha value is -1.49. The molecule has 5 nitrogen and oxygen atoms in total. The molecule has 0 saturated carbocycles. The SMILES string of the molecule is CN(C)CCCNS(=O)(=O)c1cccc(F)c1C#N. The van der Waals surface area contributed by atoms with Gasteiger partial charge in [0.15, 0.2) is 0 Å². The normalized spacial score (nSPS) is 11.5. The highest BCUT2D eigenvalue weighted by Crippen LogP contribution is 2.17. The highest BCUT2D eigenvalue weighted by molar-refractivity contribution is 7.89. The van der Waals surface area contributed by atoms with E-state index in [9.17, 15) is 12.8 Å². The monoisotopic (exact) mass is 285 g/mol. The van der Waals surface area contributed by atoms with Gasteiger partial charge in [-0.25, -0.2) is 17.5 Å². The van der Waals surface area contributed by atoms with Crippen molar-refractivity contribution in [3.05, 3.63) is 29.6 Å². The molecule has 19 heavy (non-hydrogen) atoms. The van der Waals surface area contributed by atoms with Crippen molar-refractivity contribution in [2.45, 2.75) is 11.3 Å². The minimum Gasteiger partial charge on any atom is -0.309 e. The van der Waals surface area contributed by atoms with Crippen LogP contribution in [0.2, 0.25) is 0 Å². The Bertz CT molecular complexity index is 579. The number of nitrogens with zero attached hydrogens (tertiary/aromatic N) is 2. The summed E-state index contributed by atoms with van der Waals surface area (Å²) >= 11 is 0. The van der Waals surface area contributed by atoms with Gasteiger partial charge in [0.1, 0.15) is 22.3 Å². The predicted octanol–water partition coefficient (Wildman–Crippen LogP) is 0.927. The molecule has 104 valence electrons. The molecule has 0 aliphatic rings. The first-order valence-corrected chi connectivity index (χ1v) is 7.20. The van der Waals surface area contributed by atoms with Crippen molar-refractivity contribution in [2.24, 2.45) is 0 Å². The molecule has 0 aliphatic heterocycles. The summed E-state index contributed by atoms with van der Waals surface area (Å²) in [5.74, 6) is -0.835. The smallest absolute Gasteiger partial charge is 0.241 e. The van der Waals surface area contributed by atoms with E-state index in [4.69, 9.17) is 5.26 Å². The first-order valence-electron chi connectivity index (χ1n) is 5.71. The molecule has 0 aliphatic carbocycles. The average Bonchev–Trinajstić information content (AvgIpc) is 2.34. The van der Waals surface area contributed by atoms with Gasteiger partial charge in [0.2, 0.25) is 10.0 Å². The van der Waals surface area contributed by atoms with Crippen molar-refractivity contribution in [1.29, 1.82) is 5.26 Å². The maximum atomic E-state index is 13.4. The minimum atomic E-state index is -3.85. The lowest BCUT2D eigenvalue weighted by Gasteiger charge is -2.11. The van der Waals surface area contributed by atoms with Gasteiger partial charge >= 0.3 is 0 Å². The fourth-order valence-electron chi connectivity index (χ4n) is 1.52. The highest BCUT2D eigenvalue weighted by Gasteiger charge is 2.20. The maximum absolute atomic E-state index is 13.4. The summed E-state index contributed by atoms with van der Waals surface area (Å²) in [7, 11) is -0.0869. The number of sulfonamides is 1. The second-order valence-corrected chi connectivity index (χ2v) is 6.01. The van der Waals surface area contributed by atoms with Crippen molar-refractivity contribution in [3.8, 4) is 6.07 Å². The first-order chi connectivity index (χ1) is 8.88. The van der Waals surface area contributed by atoms with Crippen molar-refractivity contribution >= 4 is 10.0 Å². The zero-order valence-corrected chi connectivity index (χ0v) is 11.7. The lowest BCUT2D eigenvalue weighted by molar-refractivity contribution is 0.400. The van der Waals surface area contributed by atoms with E-state index in [0.717, 1.165) is 12.6 Å². The summed E-state index contributed by atoms with van der Waals surface area (Å²) in [6, 6.07) is 5.12. The molecule has 0 bridgehead atoms. The van der Waals surface area contributed by atoms with Crippen LogP contribution >= 0.6 is 0 Å². The first kappa shape index (κ1) is 15.6. The topological polar surface area (TPSA) is 73.2 Å². The molecule has 1 N–H and O–H groups in total. The van der Waals surface area contributed by atoms with Crippen LogP contribution < -0.4 is 4.72 Å². The zero-order chi connectivity index (χ0) is 14.5. The van der Waals surface area contributed by atoms with Crippen LogP contribution in [0.1, 0.15) is 12.0 Å². The van der Waals surface area contributed by atoms with Crippen LogP contribution in [-0.2, 0) is 10.0 Å². The Kier molecular flexibility index (Phi) is 5.42. The van der Waals surface area contributed by atoms with Crippen LogP contribution in [0.4, 0.5) is 4.39 Å². The lowest BCUT2D eigenvalue weighted by Crippen LogP contribution is -2.28. The van der Waals surface area contributed by atoms with Crippen molar-refractivity contribution in [3.63, 3.8) is 0 Å². The summed E-state index contributed by atoms with van der Waals surface area (Å²) in [6.45, 7) is 0.971. The number of halogens is 1. The van der Waals surface area contributed by atoms with Gasteiger partial charge in [-0.2, -0.15) is 5.26 Å². The van der Waals surface area contributed by atoms with Crippen LogP contribution in [0, 0.1) is 17.1 Å². The molecule has 0 fully saturated rings. The van der Waals surface area contributed by atoms with Gasteiger partial charge < -0.3 is 4.90 Å². The van der Waals surface area contributed by atoms with Crippen LogP contribution in [0.5, 0.6) is 0 Å². The molecule has 1 rings (SSSR count). The molecule has 7 heteroatoms. The minimum absolute atomic E-state index is 0.238. The predicted molar refractivity (Wildman–Crippen MR) is 69.5 cm³/mol. The Labute approximate surface area is 112 Å². The van der Waals surface area contributed by atoms with Crippen LogP contribution in [0.15, 0.2) is 23.1 Å². The third-order valence-corrected chi connectivity index (χ3v) is 3.95.